The van der Waals surface area contributed by atoms with Crippen molar-refractivity contribution >= 4 is 11.9 Å². The number of hydrogen-bond donors (Lipinski definition) is 2. The summed E-state index contributed by atoms with van der Waals surface area (Å²) in [5.41, 5.74) is 2.62. The molecule has 162 valence electrons. The summed E-state index contributed by atoms with van der Waals surface area (Å²) in [5, 5.41) is 12.4. The van der Waals surface area contributed by atoms with E-state index < -0.39 is 12.6 Å². The molecule has 1 saturated heterocycles. The van der Waals surface area contributed by atoms with Crippen molar-refractivity contribution < 1.29 is 19.1 Å². The fraction of sp³-hybridized carbons (Fsp3) is 0.440. The first-order valence-corrected chi connectivity index (χ1v) is 11.0. The quantitative estimate of drug-likeness (QED) is 0.711. The second-order valence-electron chi connectivity index (χ2n) is 9.34. The molecule has 5 rings (SSSR count). The van der Waals surface area contributed by atoms with E-state index in [0.717, 1.165) is 36.9 Å². The number of aromatic carboxylic acids is 1. The average Bonchev–Trinajstić information content (AvgIpc) is 3.70. The summed E-state index contributed by atoms with van der Waals surface area (Å²) in [6, 6.07) is 14.2. The molecule has 2 aliphatic carbocycles. The van der Waals surface area contributed by atoms with E-state index in [1.165, 1.54) is 6.42 Å². The summed E-state index contributed by atoms with van der Waals surface area (Å²) in [5.74, 6) is 0.445. The van der Waals surface area contributed by atoms with Crippen molar-refractivity contribution in [2.45, 2.75) is 50.5 Å². The first-order chi connectivity index (χ1) is 15.0. The Labute approximate surface area is 181 Å². The molecule has 1 heterocycles. The molecule has 3 aliphatic rings. The van der Waals surface area contributed by atoms with E-state index in [4.69, 9.17) is 5.11 Å². The number of fused-ring (bicyclic) bond motifs is 1. The van der Waals surface area contributed by atoms with E-state index in [-0.39, 0.29) is 23.1 Å². The molecular weight excluding hydrogens is 395 g/mol. The van der Waals surface area contributed by atoms with Gasteiger partial charge in [0.1, 0.15) is 6.67 Å². The zero-order valence-corrected chi connectivity index (χ0v) is 17.4. The molecule has 0 bridgehead atoms. The summed E-state index contributed by atoms with van der Waals surface area (Å²) in [6.45, 7) is 1.15. The van der Waals surface area contributed by atoms with Gasteiger partial charge in [0.25, 0.3) is 0 Å². The van der Waals surface area contributed by atoms with Crippen LogP contribution in [-0.4, -0.2) is 34.5 Å². The van der Waals surface area contributed by atoms with E-state index >= 15 is 0 Å². The Morgan fingerprint density at radius 2 is 1.68 bits per heavy atom. The number of carboxylic acid groups (broad SMARTS) is 1. The number of nitrogens with one attached hydrogen (secondary N) is 1. The monoisotopic (exact) mass is 422 g/mol. The van der Waals surface area contributed by atoms with Gasteiger partial charge in [-0.25, -0.2) is 9.18 Å². The smallest absolute Gasteiger partial charge is 0.335 e. The zero-order valence-electron chi connectivity index (χ0n) is 17.4. The van der Waals surface area contributed by atoms with Gasteiger partial charge in [0.2, 0.25) is 5.91 Å². The maximum Gasteiger partial charge on any atom is 0.335 e. The van der Waals surface area contributed by atoms with Gasteiger partial charge < -0.3 is 10.4 Å². The first-order valence-electron chi connectivity index (χ1n) is 11.0. The minimum absolute atomic E-state index is 0.0607. The molecule has 1 unspecified atom stereocenters. The van der Waals surface area contributed by atoms with Crippen molar-refractivity contribution in [2.75, 3.05) is 6.54 Å². The lowest BCUT2D eigenvalue weighted by Gasteiger charge is -2.35. The molecule has 5 nitrogen and oxygen atoms in total. The van der Waals surface area contributed by atoms with Crippen molar-refractivity contribution in [3.63, 3.8) is 0 Å². The third kappa shape index (κ3) is 4.09. The van der Waals surface area contributed by atoms with Crippen LogP contribution in [-0.2, 0) is 23.6 Å². The Kier molecular flexibility index (Phi) is 5.05. The van der Waals surface area contributed by atoms with Gasteiger partial charge in [0.15, 0.2) is 0 Å². The molecule has 2 saturated carbocycles. The van der Waals surface area contributed by atoms with Gasteiger partial charge >= 0.3 is 5.97 Å². The maximum absolute atomic E-state index is 13.4. The molecule has 2 aromatic carbocycles. The fourth-order valence-corrected chi connectivity index (χ4v) is 4.96. The highest BCUT2D eigenvalue weighted by Gasteiger charge is 2.51. The van der Waals surface area contributed by atoms with Crippen LogP contribution in [0.5, 0.6) is 0 Å². The molecule has 0 spiro atoms. The first kappa shape index (κ1) is 20.2. The van der Waals surface area contributed by atoms with Crippen LogP contribution >= 0.6 is 0 Å². The summed E-state index contributed by atoms with van der Waals surface area (Å²) >= 11 is 0. The number of alkyl halides is 1. The molecule has 0 radical (unpaired) electrons. The van der Waals surface area contributed by atoms with Crippen LogP contribution in [0, 0.1) is 11.8 Å². The number of carboxylic acids is 1. The molecule has 3 atom stereocenters. The van der Waals surface area contributed by atoms with Crippen molar-refractivity contribution in [1.29, 1.82) is 0 Å². The van der Waals surface area contributed by atoms with Crippen molar-refractivity contribution in [2.24, 2.45) is 11.8 Å². The lowest BCUT2D eigenvalue weighted by Crippen LogP contribution is -2.52. The average molecular weight is 423 g/mol. The minimum atomic E-state index is -0.947. The Bertz CT molecular complexity index is 985. The van der Waals surface area contributed by atoms with Crippen LogP contribution < -0.4 is 5.32 Å². The second-order valence-corrected chi connectivity index (χ2v) is 9.34. The van der Waals surface area contributed by atoms with Gasteiger partial charge in [-0.05, 0) is 66.3 Å². The zero-order chi connectivity index (χ0) is 21.6. The molecule has 0 aromatic heterocycles. The van der Waals surface area contributed by atoms with Crippen LogP contribution in [0.1, 0.15) is 52.7 Å². The standard InChI is InChI=1S/C25H27FN2O3/c26-13-16-1-3-17(4-2-16)14-28-15-20-11-19(20)12-22(28)23(29)27-25(9-10-25)21-7-5-18(6-8-21)24(30)31/h1-8,19-20,22H,9-15H2,(H,27,29)(H,30,31)/t19-,20+,22?/m0/s1. The summed E-state index contributed by atoms with van der Waals surface area (Å²) in [7, 11) is 0. The molecule has 6 heteroatoms. The highest BCUT2D eigenvalue weighted by atomic mass is 19.1. The number of carbonyl (C=O) groups is 2. The van der Waals surface area contributed by atoms with E-state index in [1.807, 2.05) is 36.4 Å². The number of likely N-dealkylation sites (tertiary alicyclic amines) is 1. The van der Waals surface area contributed by atoms with Crippen LogP contribution in [0.3, 0.4) is 0 Å². The Morgan fingerprint density at radius 3 is 2.29 bits per heavy atom. The number of amides is 1. The van der Waals surface area contributed by atoms with E-state index in [2.05, 4.69) is 10.2 Å². The van der Waals surface area contributed by atoms with Gasteiger partial charge in [-0.3, -0.25) is 9.69 Å². The highest BCUT2D eigenvalue weighted by molar-refractivity contribution is 5.87. The van der Waals surface area contributed by atoms with Gasteiger partial charge in [-0.15, -0.1) is 0 Å². The molecule has 2 aromatic rings. The third-order valence-electron chi connectivity index (χ3n) is 7.17. The van der Waals surface area contributed by atoms with E-state index in [0.29, 0.717) is 23.9 Å². The summed E-state index contributed by atoms with van der Waals surface area (Å²) in [4.78, 5) is 26.8. The predicted molar refractivity (Wildman–Crippen MR) is 114 cm³/mol. The number of halogens is 1. The van der Waals surface area contributed by atoms with Gasteiger partial charge in [0, 0.05) is 13.1 Å². The normalized spacial score (nSPS) is 26.0. The predicted octanol–water partition coefficient (Wildman–Crippen LogP) is 3.87. The van der Waals surface area contributed by atoms with Crippen LogP contribution in [0.25, 0.3) is 0 Å². The molecule has 2 N–H and O–H groups in total. The van der Waals surface area contributed by atoms with Crippen LogP contribution in [0.4, 0.5) is 4.39 Å². The summed E-state index contributed by atoms with van der Waals surface area (Å²) < 4.78 is 12.8. The van der Waals surface area contributed by atoms with Crippen molar-refractivity contribution in [1.82, 2.24) is 10.2 Å². The van der Waals surface area contributed by atoms with Crippen molar-refractivity contribution in [3.8, 4) is 0 Å². The third-order valence-corrected chi connectivity index (χ3v) is 7.17. The molecule has 1 aliphatic heterocycles. The lowest BCUT2D eigenvalue weighted by molar-refractivity contribution is -0.129. The topological polar surface area (TPSA) is 69.6 Å². The maximum atomic E-state index is 13.4. The largest absolute Gasteiger partial charge is 0.478 e. The van der Waals surface area contributed by atoms with Crippen LogP contribution in [0.2, 0.25) is 0 Å². The number of carbonyl (C=O) groups excluding carboxylic acids is 1. The van der Waals surface area contributed by atoms with E-state index in [9.17, 15) is 14.0 Å². The summed E-state index contributed by atoms with van der Waals surface area (Å²) in [6.07, 6.45) is 3.82. The molecule has 3 fully saturated rings. The minimum Gasteiger partial charge on any atom is -0.478 e. The Balaban J connectivity index is 1.30. The SMILES string of the molecule is O=C(O)c1ccc(C2(NC(=O)C3C[C@@H]4C[C@@H]4CN3Cc3ccc(CF)cc3)CC2)cc1. The second kappa shape index (κ2) is 7.75. The number of rotatable bonds is 7. The van der Waals surface area contributed by atoms with Gasteiger partial charge in [0.05, 0.1) is 17.1 Å². The molecule has 31 heavy (non-hydrogen) atoms. The molecular formula is C25H27FN2O3. The Hall–Kier alpha value is -2.73. The van der Waals surface area contributed by atoms with E-state index in [1.54, 1.807) is 12.1 Å². The molecule has 1 amide bonds. The number of benzene rings is 2. The van der Waals surface area contributed by atoms with Crippen LogP contribution in [0.15, 0.2) is 48.5 Å². The van der Waals surface area contributed by atoms with Gasteiger partial charge in [-0.2, -0.15) is 0 Å². The van der Waals surface area contributed by atoms with Gasteiger partial charge in [-0.1, -0.05) is 36.4 Å². The fourth-order valence-electron chi connectivity index (χ4n) is 4.96. The number of nitrogens with zero attached hydrogens (tertiary/aromatic N) is 1. The van der Waals surface area contributed by atoms with Crippen molar-refractivity contribution in [3.05, 3.63) is 70.8 Å². The number of piperidine rings is 1. The Morgan fingerprint density at radius 1 is 1.00 bits per heavy atom. The highest BCUT2D eigenvalue weighted by Crippen LogP contribution is 2.49. The lowest BCUT2D eigenvalue weighted by atomic mass is 9.98. The number of hydrogen-bond acceptors (Lipinski definition) is 3.